The predicted molar refractivity (Wildman–Crippen MR) is 81.2 cm³/mol. The van der Waals surface area contributed by atoms with Crippen molar-refractivity contribution < 1.29 is 14.3 Å². The summed E-state index contributed by atoms with van der Waals surface area (Å²) in [6, 6.07) is 0.0610. The molecule has 0 bridgehead atoms. The number of amides is 3. The Bertz CT molecular complexity index is 319. The molecule has 0 aromatic heterocycles. The molecule has 1 atom stereocenters. The van der Waals surface area contributed by atoms with Crippen molar-refractivity contribution in [2.75, 3.05) is 45.9 Å². The summed E-state index contributed by atoms with van der Waals surface area (Å²) in [6.07, 6.45) is 1.23. The molecular weight excluding hydrogens is 272 g/mol. The average Bonchev–Trinajstić information content (AvgIpc) is 2.51. The van der Waals surface area contributed by atoms with E-state index in [1.807, 2.05) is 6.92 Å². The van der Waals surface area contributed by atoms with Gasteiger partial charge in [0.2, 0.25) is 5.91 Å². The molecule has 7 heteroatoms. The van der Waals surface area contributed by atoms with E-state index in [9.17, 15) is 9.59 Å². The van der Waals surface area contributed by atoms with Crippen molar-refractivity contribution in [3.8, 4) is 0 Å². The third kappa shape index (κ3) is 7.87. The highest BCUT2D eigenvalue weighted by Crippen LogP contribution is 2.02. The zero-order valence-corrected chi connectivity index (χ0v) is 13.1. The Hall–Kier alpha value is -1.34. The molecule has 1 fully saturated rings. The molecule has 122 valence electrons. The molecule has 0 saturated carbocycles. The fraction of sp³-hybridized carbons (Fsp3) is 0.857. The van der Waals surface area contributed by atoms with E-state index < -0.39 is 0 Å². The second-order valence-electron chi connectivity index (χ2n) is 5.23. The quantitative estimate of drug-likeness (QED) is 0.586. The first-order chi connectivity index (χ1) is 10.1. The van der Waals surface area contributed by atoms with E-state index in [4.69, 9.17) is 4.74 Å². The molecule has 1 unspecified atom stereocenters. The van der Waals surface area contributed by atoms with Gasteiger partial charge in [0.25, 0.3) is 0 Å². The van der Waals surface area contributed by atoms with Crippen molar-refractivity contribution in [2.45, 2.75) is 32.7 Å². The van der Waals surface area contributed by atoms with Gasteiger partial charge in [-0.15, -0.1) is 0 Å². The van der Waals surface area contributed by atoms with Gasteiger partial charge in [-0.1, -0.05) is 6.92 Å². The normalized spacial score (nSPS) is 17.0. The molecule has 1 rings (SSSR count). The Balaban J connectivity index is 2.06. The highest BCUT2D eigenvalue weighted by Gasteiger charge is 2.17. The van der Waals surface area contributed by atoms with Gasteiger partial charge in [-0.25, -0.2) is 4.79 Å². The standard InChI is InChI=1S/C14H28N4O3/c1-3-5-15-13(19)4-6-16-14(20)17-11-12(2)18-7-9-21-10-8-18/h12H,3-11H2,1-2H3,(H,15,19)(H2,16,17,20). The van der Waals surface area contributed by atoms with Gasteiger partial charge in [-0.3, -0.25) is 9.69 Å². The number of morpholine rings is 1. The lowest BCUT2D eigenvalue weighted by atomic mass is 10.2. The fourth-order valence-corrected chi connectivity index (χ4v) is 2.09. The maximum Gasteiger partial charge on any atom is 0.314 e. The van der Waals surface area contributed by atoms with Crippen molar-refractivity contribution in [1.29, 1.82) is 0 Å². The summed E-state index contributed by atoms with van der Waals surface area (Å²) >= 11 is 0. The van der Waals surface area contributed by atoms with Gasteiger partial charge in [0, 0.05) is 45.2 Å². The van der Waals surface area contributed by atoms with Crippen LogP contribution in [0.15, 0.2) is 0 Å². The molecule has 1 heterocycles. The van der Waals surface area contributed by atoms with Crippen LogP contribution in [0.1, 0.15) is 26.7 Å². The lowest BCUT2D eigenvalue weighted by Gasteiger charge is -2.32. The zero-order chi connectivity index (χ0) is 15.5. The molecule has 3 amide bonds. The maximum atomic E-state index is 11.6. The topological polar surface area (TPSA) is 82.7 Å². The minimum Gasteiger partial charge on any atom is -0.379 e. The van der Waals surface area contributed by atoms with Crippen LogP contribution >= 0.6 is 0 Å². The van der Waals surface area contributed by atoms with Gasteiger partial charge in [-0.05, 0) is 13.3 Å². The molecule has 1 saturated heterocycles. The summed E-state index contributed by atoms with van der Waals surface area (Å²) in [4.78, 5) is 25.3. The molecule has 0 aliphatic carbocycles. The number of urea groups is 1. The summed E-state index contributed by atoms with van der Waals surface area (Å²) in [7, 11) is 0. The van der Waals surface area contributed by atoms with Gasteiger partial charge in [0.05, 0.1) is 13.2 Å². The molecular formula is C14H28N4O3. The Morgan fingerprint density at radius 3 is 2.52 bits per heavy atom. The van der Waals surface area contributed by atoms with E-state index in [1.54, 1.807) is 0 Å². The van der Waals surface area contributed by atoms with Gasteiger partial charge >= 0.3 is 6.03 Å². The van der Waals surface area contributed by atoms with E-state index in [-0.39, 0.29) is 18.0 Å². The maximum absolute atomic E-state index is 11.6. The summed E-state index contributed by atoms with van der Waals surface area (Å²) in [5.41, 5.74) is 0. The van der Waals surface area contributed by atoms with Crippen LogP contribution in [0.25, 0.3) is 0 Å². The zero-order valence-electron chi connectivity index (χ0n) is 13.1. The van der Waals surface area contributed by atoms with E-state index >= 15 is 0 Å². The number of rotatable bonds is 8. The van der Waals surface area contributed by atoms with Crippen LogP contribution in [0.3, 0.4) is 0 Å². The molecule has 1 aliphatic heterocycles. The predicted octanol–water partition coefficient (Wildman–Crippen LogP) is -0.0774. The van der Waals surface area contributed by atoms with Gasteiger partial charge < -0.3 is 20.7 Å². The molecule has 3 N–H and O–H groups in total. The van der Waals surface area contributed by atoms with E-state index in [0.29, 0.717) is 26.1 Å². The second-order valence-corrected chi connectivity index (χ2v) is 5.23. The first-order valence-electron chi connectivity index (χ1n) is 7.73. The molecule has 1 aliphatic rings. The van der Waals surface area contributed by atoms with Crippen molar-refractivity contribution in [3.05, 3.63) is 0 Å². The SMILES string of the molecule is CCCNC(=O)CCNC(=O)NCC(C)N1CCOCC1. The summed E-state index contributed by atoms with van der Waals surface area (Å²) in [5, 5.41) is 8.30. The minimum atomic E-state index is -0.224. The fourth-order valence-electron chi connectivity index (χ4n) is 2.09. The van der Waals surface area contributed by atoms with Gasteiger partial charge in [-0.2, -0.15) is 0 Å². The molecule has 7 nitrogen and oxygen atoms in total. The third-order valence-electron chi connectivity index (χ3n) is 3.44. The molecule has 0 spiro atoms. The number of hydrogen-bond acceptors (Lipinski definition) is 4. The molecule has 0 aromatic carbocycles. The van der Waals surface area contributed by atoms with Gasteiger partial charge in [0.1, 0.15) is 0 Å². The average molecular weight is 300 g/mol. The molecule has 21 heavy (non-hydrogen) atoms. The second kappa shape index (κ2) is 10.4. The summed E-state index contributed by atoms with van der Waals surface area (Å²) in [6.45, 7) is 9.03. The third-order valence-corrected chi connectivity index (χ3v) is 3.44. The highest BCUT2D eigenvalue weighted by atomic mass is 16.5. The number of carbonyl (C=O) groups excluding carboxylic acids is 2. The van der Waals surface area contributed by atoms with Crippen LogP contribution in [0.5, 0.6) is 0 Å². The first kappa shape index (κ1) is 17.7. The van der Waals surface area contributed by atoms with Crippen molar-refractivity contribution >= 4 is 11.9 Å². The van der Waals surface area contributed by atoms with E-state index in [1.165, 1.54) is 0 Å². The number of ether oxygens (including phenoxy) is 1. The Kier molecular flexibility index (Phi) is 8.77. The van der Waals surface area contributed by atoms with Crippen LogP contribution in [0.2, 0.25) is 0 Å². The van der Waals surface area contributed by atoms with Gasteiger partial charge in [0.15, 0.2) is 0 Å². The number of hydrogen-bond donors (Lipinski definition) is 3. The number of nitrogens with zero attached hydrogens (tertiary/aromatic N) is 1. The Morgan fingerprint density at radius 2 is 1.86 bits per heavy atom. The van der Waals surface area contributed by atoms with E-state index in [2.05, 4.69) is 27.8 Å². The van der Waals surface area contributed by atoms with Crippen LogP contribution in [0.4, 0.5) is 4.79 Å². The van der Waals surface area contributed by atoms with Crippen LogP contribution in [0, 0.1) is 0 Å². The van der Waals surface area contributed by atoms with Crippen LogP contribution in [-0.2, 0) is 9.53 Å². The molecule has 0 aromatic rings. The minimum absolute atomic E-state index is 0.0289. The molecule has 0 radical (unpaired) electrons. The summed E-state index contributed by atoms with van der Waals surface area (Å²) < 4.78 is 5.30. The van der Waals surface area contributed by atoms with Crippen LogP contribution in [-0.4, -0.2) is 68.8 Å². The van der Waals surface area contributed by atoms with Crippen molar-refractivity contribution in [3.63, 3.8) is 0 Å². The van der Waals surface area contributed by atoms with Crippen molar-refractivity contribution in [1.82, 2.24) is 20.9 Å². The highest BCUT2D eigenvalue weighted by molar-refractivity contribution is 5.78. The Labute approximate surface area is 126 Å². The monoisotopic (exact) mass is 300 g/mol. The largest absolute Gasteiger partial charge is 0.379 e. The number of carbonyl (C=O) groups is 2. The summed E-state index contributed by atoms with van der Waals surface area (Å²) in [5.74, 6) is -0.0289. The number of nitrogens with one attached hydrogen (secondary N) is 3. The smallest absolute Gasteiger partial charge is 0.314 e. The van der Waals surface area contributed by atoms with Crippen molar-refractivity contribution in [2.24, 2.45) is 0 Å². The van der Waals surface area contributed by atoms with E-state index in [0.717, 1.165) is 32.7 Å². The first-order valence-corrected chi connectivity index (χ1v) is 7.73. The lowest BCUT2D eigenvalue weighted by Crippen LogP contribution is -2.49. The lowest BCUT2D eigenvalue weighted by molar-refractivity contribution is -0.120. The Morgan fingerprint density at radius 1 is 1.14 bits per heavy atom. The van der Waals surface area contributed by atoms with Crippen LogP contribution < -0.4 is 16.0 Å².